The lowest BCUT2D eigenvalue weighted by molar-refractivity contribution is -0.148. The van der Waals surface area contributed by atoms with Gasteiger partial charge in [0.05, 0.1) is 5.41 Å². The lowest BCUT2D eigenvalue weighted by atomic mass is 9.86. The first-order valence-corrected chi connectivity index (χ1v) is 8.06. The Balaban J connectivity index is 1.73. The third kappa shape index (κ3) is 3.87. The summed E-state index contributed by atoms with van der Waals surface area (Å²) in [4.78, 5) is 25.7. The average Bonchev–Trinajstić information content (AvgIpc) is 3.12. The molecule has 0 bridgehead atoms. The lowest BCUT2D eigenvalue weighted by Crippen LogP contribution is -2.48. The van der Waals surface area contributed by atoms with Crippen molar-refractivity contribution in [3.8, 4) is 0 Å². The molecule has 0 radical (unpaired) electrons. The Morgan fingerprint density at radius 1 is 1.24 bits per heavy atom. The summed E-state index contributed by atoms with van der Waals surface area (Å²) in [6.07, 6.45) is 5.49. The van der Waals surface area contributed by atoms with E-state index in [1.807, 2.05) is 0 Å². The first-order chi connectivity index (χ1) is 10.1. The first kappa shape index (κ1) is 16.1. The van der Waals surface area contributed by atoms with Gasteiger partial charge in [0.1, 0.15) is 0 Å². The fraction of sp³-hybridized carbons (Fsp3) is 0.867. The predicted molar refractivity (Wildman–Crippen MR) is 80.2 cm³/mol. The maximum absolute atomic E-state index is 11.9. The van der Waals surface area contributed by atoms with Gasteiger partial charge in [-0.15, -0.1) is 0 Å². The van der Waals surface area contributed by atoms with Gasteiger partial charge < -0.3 is 15.7 Å². The van der Waals surface area contributed by atoms with Crippen molar-refractivity contribution in [1.29, 1.82) is 0 Å². The van der Waals surface area contributed by atoms with Crippen LogP contribution in [0.4, 0.5) is 4.79 Å². The Labute approximate surface area is 126 Å². The van der Waals surface area contributed by atoms with E-state index in [0.29, 0.717) is 25.4 Å². The van der Waals surface area contributed by atoms with Gasteiger partial charge in [-0.3, -0.25) is 9.69 Å². The molecule has 6 nitrogen and oxygen atoms in total. The summed E-state index contributed by atoms with van der Waals surface area (Å²) < 4.78 is 0. The van der Waals surface area contributed by atoms with E-state index in [-0.39, 0.29) is 12.6 Å². The highest BCUT2D eigenvalue weighted by Crippen LogP contribution is 2.37. The summed E-state index contributed by atoms with van der Waals surface area (Å²) in [5.74, 6) is -0.784. The maximum atomic E-state index is 11.9. The Morgan fingerprint density at radius 3 is 2.57 bits per heavy atom. The number of rotatable bonds is 6. The quantitative estimate of drug-likeness (QED) is 0.692. The monoisotopic (exact) mass is 297 g/mol. The smallest absolute Gasteiger partial charge is 0.314 e. The van der Waals surface area contributed by atoms with Gasteiger partial charge in [0.2, 0.25) is 0 Å². The number of nitrogens with zero attached hydrogens (tertiary/aromatic N) is 1. The molecule has 2 rings (SSSR count). The van der Waals surface area contributed by atoms with Crippen molar-refractivity contribution in [2.45, 2.75) is 51.5 Å². The van der Waals surface area contributed by atoms with Crippen molar-refractivity contribution in [2.24, 2.45) is 5.41 Å². The largest absolute Gasteiger partial charge is 0.481 e. The third-order valence-corrected chi connectivity index (χ3v) is 5.01. The molecule has 1 unspecified atom stereocenters. The molecule has 0 spiro atoms. The number of hydrogen-bond donors (Lipinski definition) is 3. The first-order valence-electron chi connectivity index (χ1n) is 8.06. The van der Waals surface area contributed by atoms with E-state index < -0.39 is 11.4 Å². The molecule has 1 atom stereocenters. The van der Waals surface area contributed by atoms with Crippen molar-refractivity contribution in [1.82, 2.24) is 15.5 Å². The Kier molecular flexibility index (Phi) is 5.45. The summed E-state index contributed by atoms with van der Waals surface area (Å²) in [7, 11) is 0. The summed E-state index contributed by atoms with van der Waals surface area (Å²) in [6, 6.07) is 0.172. The van der Waals surface area contributed by atoms with Crippen LogP contribution in [0.1, 0.15) is 45.4 Å². The predicted octanol–water partition coefficient (Wildman–Crippen LogP) is 1.41. The zero-order valence-electron chi connectivity index (χ0n) is 12.9. The van der Waals surface area contributed by atoms with E-state index in [4.69, 9.17) is 0 Å². The number of hydrogen-bond acceptors (Lipinski definition) is 3. The van der Waals surface area contributed by atoms with E-state index in [1.165, 1.54) is 6.42 Å². The minimum absolute atomic E-state index is 0.232. The second-order valence-electron chi connectivity index (χ2n) is 6.28. The summed E-state index contributed by atoms with van der Waals surface area (Å²) in [5.41, 5.74) is -0.750. The van der Waals surface area contributed by atoms with Crippen molar-refractivity contribution >= 4 is 12.0 Å². The molecular weight excluding hydrogens is 270 g/mol. The molecule has 1 aliphatic heterocycles. The molecule has 3 N–H and O–H groups in total. The molecule has 1 heterocycles. The lowest BCUT2D eigenvalue weighted by Gasteiger charge is -2.25. The van der Waals surface area contributed by atoms with Crippen molar-refractivity contribution in [3.05, 3.63) is 0 Å². The van der Waals surface area contributed by atoms with Crippen LogP contribution in [0.25, 0.3) is 0 Å². The van der Waals surface area contributed by atoms with Gasteiger partial charge in [0.25, 0.3) is 0 Å². The highest BCUT2D eigenvalue weighted by molar-refractivity contribution is 5.78. The zero-order chi connectivity index (χ0) is 15.3. The van der Waals surface area contributed by atoms with E-state index in [1.54, 1.807) is 0 Å². The van der Waals surface area contributed by atoms with Gasteiger partial charge in [-0.25, -0.2) is 4.79 Å². The molecular formula is C15H27N3O3. The second-order valence-corrected chi connectivity index (χ2v) is 6.28. The Hall–Kier alpha value is -1.30. The minimum atomic E-state index is -0.784. The number of amides is 2. The van der Waals surface area contributed by atoms with Crippen LogP contribution in [0.5, 0.6) is 0 Å². The third-order valence-electron chi connectivity index (χ3n) is 5.01. The van der Waals surface area contributed by atoms with E-state index >= 15 is 0 Å². The van der Waals surface area contributed by atoms with Crippen LogP contribution in [-0.2, 0) is 4.79 Å². The minimum Gasteiger partial charge on any atom is -0.481 e. The average molecular weight is 297 g/mol. The number of carbonyl (C=O) groups is 2. The Bertz CT molecular complexity index is 380. The SMILES string of the molecule is CCN1CCCC1CNC(=O)NCC1(C(=O)O)CCCC1. The maximum Gasteiger partial charge on any atom is 0.314 e. The highest BCUT2D eigenvalue weighted by atomic mass is 16.4. The van der Waals surface area contributed by atoms with Gasteiger partial charge in [-0.2, -0.15) is 0 Å². The van der Waals surface area contributed by atoms with Gasteiger partial charge in [-0.1, -0.05) is 19.8 Å². The van der Waals surface area contributed by atoms with Crippen LogP contribution >= 0.6 is 0 Å². The van der Waals surface area contributed by atoms with Crippen LogP contribution in [0, 0.1) is 5.41 Å². The van der Waals surface area contributed by atoms with Gasteiger partial charge >= 0.3 is 12.0 Å². The number of likely N-dealkylation sites (tertiary alicyclic amines) is 1. The van der Waals surface area contributed by atoms with Gasteiger partial charge in [0.15, 0.2) is 0 Å². The van der Waals surface area contributed by atoms with Crippen LogP contribution in [0.15, 0.2) is 0 Å². The zero-order valence-corrected chi connectivity index (χ0v) is 12.9. The second kappa shape index (κ2) is 7.11. The normalized spacial score (nSPS) is 24.9. The Morgan fingerprint density at radius 2 is 1.95 bits per heavy atom. The molecule has 0 aromatic heterocycles. The fourth-order valence-corrected chi connectivity index (χ4v) is 3.58. The highest BCUT2D eigenvalue weighted by Gasteiger charge is 2.41. The standard InChI is InChI=1S/C15H27N3O3/c1-2-18-9-5-6-12(18)10-16-14(21)17-11-15(13(19)20)7-3-4-8-15/h12H,2-11H2,1H3,(H,19,20)(H2,16,17,21). The number of carboxylic acid groups (broad SMARTS) is 1. The topological polar surface area (TPSA) is 81.7 Å². The van der Waals surface area contributed by atoms with Gasteiger partial charge in [-0.05, 0) is 38.8 Å². The molecule has 2 fully saturated rings. The molecule has 1 saturated carbocycles. The van der Waals surface area contributed by atoms with Crippen LogP contribution in [-0.4, -0.2) is 54.2 Å². The van der Waals surface area contributed by atoms with Gasteiger partial charge in [0, 0.05) is 19.1 Å². The number of carboxylic acids is 1. The number of likely N-dealkylation sites (N-methyl/N-ethyl adjacent to an activating group) is 1. The van der Waals surface area contributed by atoms with Crippen LogP contribution in [0.3, 0.4) is 0 Å². The molecule has 0 aromatic rings. The van der Waals surface area contributed by atoms with Crippen LogP contribution in [0.2, 0.25) is 0 Å². The number of carbonyl (C=O) groups excluding carboxylic acids is 1. The molecule has 0 aromatic carbocycles. The molecule has 6 heteroatoms. The molecule has 120 valence electrons. The molecule has 1 saturated heterocycles. The molecule has 1 aliphatic carbocycles. The van der Waals surface area contributed by atoms with Crippen LogP contribution < -0.4 is 10.6 Å². The number of aliphatic carboxylic acids is 1. The molecule has 2 aliphatic rings. The number of nitrogens with one attached hydrogen (secondary N) is 2. The summed E-state index contributed by atoms with van der Waals surface area (Å²) in [5, 5.41) is 15.0. The van der Waals surface area contributed by atoms with E-state index in [0.717, 1.165) is 32.4 Å². The molecule has 2 amide bonds. The van der Waals surface area contributed by atoms with Crippen molar-refractivity contribution < 1.29 is 14.7 Å². The summed E-state index contributed by atoms with van der Waals surface area (Å²) >= 11 is 0. The van der Waals surface area contributed by atoms with E-state index in [2.05, 4.69) is 22.5 Å². The number of urea groups is 1. The summed E-state index contributed by atoms with van der Waals surface area (Å²) in [6.45, 7) is 5.12. The molecule has 21 heavy (non-hydrogen) atoms. The van der Waals surface area contributed by atoms with Crippen molar-refractivity contribution in [2.75, 3.05) is 26.2 Å². The van der Waals surface area contributed by atoms with Crippen molar-refractivity contribution in [3.63, 3.8) is 0 Å². The van der Waals surface area contributed by atoms with E-state index in [9.17, 15) is 14.7 Å². The fourth-order valence-electron chi connectivity index (χ4n) is 3.58.